The number of Topliss-reactive ketones (excluding diaryl/α,β-unsaturated/α-hetero) is 6. The highest BCUT2D eigenvalue weighted by molar-refractivity contribution is 5.98. The molecule has 0 fully saturated rings. The number of hydrogen-bond acceptors (Lipinski definition) is 32. The van der Waals surface area contributed by atoms with Gasteiger partial charge in [-0.15, -0.1) is 0 Å². The molecule has 3 unspecified atom stereocenters. The smallest absolute Gasteiger partial charge is 0.311 e. The Morgan fingerprint density at radius 3 is 0.590 bits per heavy atom. The van der Waals surface area contributed by atoms with Gasteiger partial charge in [0.15, 0.2) is 0 Å². The number of ketones is 6. The van der Waals surface area contributed by atoms with E-state index in [4.69, 9.17) is 47.4 Å². The van der Waals surface area contributed by atoms with Crippen LogP contribution in [0.25, 0.3) is 0 Å². The maximum absolute atomic E-state index is 11.1. The monoisotopic (exact) mass is 2090 g/mol. The first-order valence-electron chi connectivity index (χ1n) is 54.3. The van der Waals surface area contributed by atoms with Crippen LogP contribution in [0.5, 0.6) is 0 Å². The summed E-state index contributed by atoms with van der Waals surface area (Å²) in [5, 5.41) is 0. The number of esters is 10. The second kappa shape index (κ2) is 175. The van der Waals surface area contributed by atoms with Crippen LogP contribution in [0.3, 0.4) is 0 Å². The van der Waals surface area contributed by atoms with Crippen LogP contribution in [-0.2, 0) is 153 Å². The average Bonchev–Trinajstić information content (AvgIpc) is 0.899. The van der Waals surface area contributed by atoms with Crippen LogP contribution in [0.4, 0.5) is 0 Å². The van der Waals surface area contributed by atoms with Gasteiger partial charge in [-0.2, -0.15) is 0 Å². The number of hydrogen-bond donors (Lipinski definition) is 0. The van der Waals surface area contributed by atoms with Crippen LogP contribution < -0.4 is 0 Å². The van der Waals surface area contributed by atoms with Crippen molar-refractivity contribution in [1.29, 1.82) is 0 Å². The number of ether oxygens (including phenoxy) is 16. The summed E-state index contributed by atoms with van der Waals surface area (Å²) < 4.78 is 76.2. The molecule has 0 heterocycles. The molecular formula is C112H232O32. The molecule has 3 atom stereocenters. The third-order valence-corrected chi connectivity index (χ3v) is 16.5. The molecule has 32 heteroatoms. The van der Waals surface area contributed by atoms with Crippen molar-refractivity contribution >= 4 is 94.4 Å². The summed E-state index contributed by atoms with van der Waals surface area (Å²) in [5.41, 5.74) is -0.310. The molecule has 0 aromatic rings. The van der Waals surface area contributed by atoms with E-state index in [1.54, 1.807) is 111 Å². The summed E-state index contributed by atoms with van der Waals surface area (Å²) in [5.74, 6) is 0.437. The molecule has 0 N–H and O–H groups in total. The van der Waals surface area contributed by atoms with E-state index < -0.39 is 0 Å². The standard InChI is InChI=1S/C8H16O2.3C7H14O2.C7H12O2.C7H14O.C6H14O.C5H12O2.6C5H10O2.C5H12O.3C5H10O.2C4H10O/c1-5-8(3,4)7(9)10-6-2;1-4-6(3)7(8)9-5-2;2*1-4-6(3)9-7(8)5-2;1-3-6(8)5-7(9)4-2;1-3-5-6-7(8)4-2;1-3-5-6-7-4-2;1-3-6-5-7-4-2;6*1-3-5(6)7-4-2;1-3-5-6-4-2;3*1-3-5(6)4-2;2*1-3-5-4-2/h5-6H2,1-4H3;3*6H,4-5H2,1-3H3;3-5H2,1-2H3;3-6H2,1-2H3;3-6H2,1-2H3;3-5H2,1-2H3;6*3-4H2,1-2H3;3-5H2,1-2H3;3*3-4H2,1-2H3;2*3-4H2,1-2H3. The van der Waals surface area contributed by atoms with Crippen molar-refractivity contribution in [3.05, 3.63) is 0 Å². The molecule has 0 radical (unpaired) electrons. The average molecular weight is 2090 g/mol. The van der Waals surface area contributed by atoms with Gasteiger partial charge >= 0.3 is 59.7 Å². The van der Waals surface area contributed by atoms with Gasteiger partial charge in [-0.3, -0.25) is 76.7 Å². The normalized spacial score (nSPS) is 9.59. The van der Waals surface area contributed by atoms with Crippen molar-refractivity contribution in [1.82, 2.24) is 0 Å². The molecule has 872 valence electrons. The van der Waals surface area contributed by atoms with Gasteiger partial charge < -0.3 is 75.8 Å². The quantitative estimate of drug-likeness (QED) is 0.0179. The van der Waals surface area contributed by atoms with Crippen LogP contribution in [0.1, 0.15) is 491 Å². The fourth-order valence-corrected chi connectivity index (χ4v) is 6.37. The summed E-state index contributed by atoms with van der Waals surface area (Å²) >= 11 is 0. The van der Waals surface area contributed by atoms with Gasteiger partial charge in [-0.1, -0.05) is 186 Å². The summed E-state index contributed by atoms with van der Waals surface area (Å²) in [7, 11) is 0. The molecule has 0 aliphatic carbocycles. The second-order valence-corrected chi connectivity index (χ2v) is 29.2. The molecule has 0 aromatic heterocycles. The first-order valence-corrected chi connectivity index (χ1v) is 54.3. The molecule has 0 aliphatic rings. The Kier molecular flexibility index (Phi) is 224. The third kappa shape index (κ3) is 237. The highest BCUT2D eigenvalue weighted by Crippen LogP contribution is 2.21. The first-order chi connectivity index (χ1) is 68.0. The Hall–Kier alpha value is -7.52. The zero-order valence-corrected chi connectivity index (χ0v) is 102. The predicted octanol–water partition coefficient (Wildman–Crippen LogP) is 26.8. The Bertz CT molecular complexity index is 2370. The van der Waals surface area contributed by atoms with Gasteiger partial charge in [0, 0.05) is 182 Å². The minimum absolute atomic E-state index is 0.0434. The number of carbonyl (C=O) groups is 16. The Balaban J connectivity index is -0.0000000626. The fraction of sp³-hybridized carbons (Fsp3) is 0.857. The molecule has 144 heavy (non-hydrogen) atoms. The number of unbranched alkanes of at least 4 members (excludes halogenated alkanes) is 2. The van der Waals surface area contributed by atoms with Gasteiger partial charge in [0.25, 0.3) is 0 Å². The molecule has 0 aromatic carbocycles. The summed E-state index contributed by atoms with van der Waals surface area (Å²) in [6.07, 6.45) is 20.0. The minimum Gasteiger partial charge on any atom is -0.466 e. The van der Waals surface area contributed by atoms with Crippen molar-refractivity contribution in [2.45, 2.75) is 504 Å². The van der Waals surface area contributed by atoms with Gasteiger partial charge in [-0.05, 0) is 183 Å². The number of carbonyl (C=O) groups excluding carboxylic acids is 16. The highest BCUT2D eigenvalue weighted by atomic mass is 16.7. The largest absolute Gasteiger partial charge is 0.466 e. The van der Waals surface area contributed by atoms with Crippen LogP contribution in [0.2, 0.25) is 0 Å². The molecule has 32 nitrogen and oxygen atoms in total. The van der Waals surface area contributed by atoms with Crippen molar-refractivity contribution < 1.29 is 153 Å². The van der Waals surface area contributed by atoms with Gasteiger partial charge in [0.2, 0.25) is 0 Å². The van der Waals surface area contributed by atoms with Crippen molar-refractivity contribution in [2.24, 2.45) is 11.3 Å². The van der Waals surface area contributed by atoms with Crippen LogP contribution >= 0.6 is 0 Å². The van der Waals surface area contributed by atoms with E-state index in [1.165, 1.54) is 12.8 Å². The van der Waals surface area contributed by atoms with E-state index in [0.29, 0.717) is 192 Å². The van der Waals surface area contributed by atoms with Gasteiger partial charge in [0.1, 0.15) is 41.5 Å². The molecule has 0 rings (SSSR count). The van der Waals surface area contributed by atoms with Crippen LogP contribution in [0.15, 0.2) is 0 Å². The first kappa shape index (κ1) is 185. The van der Waals surface area contributed by atoms with E-state index in [9.17, 15) is 76.7 Å². The molecule has 0 amide bonds. The molecule has 0 spiro atoms. The van der Waals surface area contributed by atoms with Crippen molar-refractivity contribution in [3.63, 3.8) is 0 Å². The zero-order valence-electron chi connectivity index (χ0n) is 102. The lowest BCUT2D eigenvalue weighted by molar-refractivity contribution is -0.153. The summed E-state index contributed by atoms with van der Waals surface area (Å²) in [6.45, 7) is 97.8. The lowest BCUT2D eigenvalue weighted by Gasteiger charge is -2.19. The Morgan fingerprint density at radius 2 is 0.444 bits per heavy atom. The maximum Gasteiger partial charge on any atom is 0.311 e. The minimum atomic E-state index is -0.310. The SMILES string of the molecule is CCC(=O)CC.CCC(=O)CC.CCC(=O)CC.CCC(=O)CC(=O)CC.CCC(=O)OC(C)CC.CCC(=O)OC(C)CC.CCCCC(=O)CC.CCCCOCC.CCCOCC.CCOC(=O)C(C)(C)CC.CCOC(=O)C(C)CC.CCOC(=O)CC.CCOC(=O)CC.CCOC(=O)CC.CCOC(=O)CC.CCOC(=O)CC.CCOC(=O)CC.CCOCC.CCOCC.CCOCOCC. The lowest BCUT2D eigenvalue weighted by atomic mass is 9.91. The third-order valence-electron chi connectivity index (χ3n) is 16.5. The topological polar surface area (TPSA) is 421 Å². The second-order valence-electron chi connectivity index (χ2n) is 29.2. The van der Waals surface area contributed by atoms with Gasteiger partial charge in [0.05, 0.1) is 82.8 Å². The molecular weight excluding hydrogens is 1860 g/mol. The molecule has 0 bridgehead atoms. The Labute approximate surface area is 883 Å². The molecule has 0 saturated carbocycles. The van der Waals surface area contributed by atoms with Crippen LogP contribution in [-0.4, -0.2) is 232 Å². The summed E-state index contributed by atoms with van der Waals surface area (Å²) in [4.78, 5) is 166. The highest BCUT2D eigenvalue weighted by Gasteiger charge is 2.26. The lowest BCUT2D eigenvalue weighted by Crippen LogP contribution is -2.25. The molecule has 0 aliphatic heterocycles. The van der Waals surface area contributed by atoms with E-state index in [-0.39, 0.29) is 101 Å². The van der Waals surface area contributed by atoms with Crippen molar-refractivity contribution in [3.8, 4) is 0 Å². The van der Waals surface area contributed by atoms with Crippen LogP contribution in [0, 0.1) is 11.3 Å². The van der Waals surface area contributed by atoms with E-state index in [1.807, 2.05) is 180 Å². The van der Waals surface area contributed by atoms with Gasteiger partial charge in [-0.25, -0.2) is 0 Å². The molecule has 0 saturated heterocycles. The number of rotatable bonds is 53. The van der Waals surface area contributed by atoms with E-state index >= 15 is 0 Å². The summed E-state index contributed by atoms with van der Waals surface area (Å²) in [6, 6.07) is 0. The van der Waals surface area contributed by atoms with Crippen molar-refractivity contribution in [2.75, 3.05) is 126 Å². The fourth-order valence-electron chi connectivity index (χ4n) is 6.37. The maximum atomic E-state index is 11.1. The predicted molar refractivity (Wildman–Crippen MR) is 588 cm³/mol. The zero-order chi connectivity index (χ0) is 117. The van der Waals surface area contributed by atoms with E-state index in [2.05, 4.69) is 49.2 Å². The Morgan fingerprint density at radius 1 is 0.215 bits per heavy atom. The van der Waals surface area contributed by atoms with E-state index in [0.717, 1.165) is 117 Å².